The topological polar surface area (TPSA) is 52.9 Å². The van der Waals surface area contributed by atoms with E-state index in [2.05, 4.69) is 43.2 Å². The van der Waals surface area contributed by atoms with E-state index in [4.69, 9.17) is 5.26 Å². The second-order valence-electron chi connectivity index (χ2n) is 4.12. The van der Waals surface area contributed by atoms with Gasteiger partial charge in [0.25, 0.3) is 5.91 Å². The maximum absolute atomic E-state index is 12.1. The van der Waals surface area contributed by atoms with Gasteiger partial charge in [-0.1, -0.05) is 28.1 Å². The molecule has 0 bridgehead atoms. The first-order valence-corrected chi connectivity index (χ1v) is 7.41. The van der Waals surface area contributed by atoms with Crippen molar-refractivity contribution >= 4 is 37.8 Å². The minimum atomic E-state index is -0.145. The highest BCUT2D eigenvalue weighted by Crippen LogP contribution is 2.21. The van der Waals surface area contributed by atoms with Crippen LogP contribution in [0.4, 0.5) is 0 Å². The summed E-state index contributed by atoms with van der Waals surface area (Å²) in [7, 11) is 0. The second kappa shape index (κ2) is 6.69. The van der Waals surface area contributed by atoms with Crippen molar-refractivity contribution in [3.05, 3.63) is 68.1 Å². The summed E-state index contributed by atoms with van der Waals surface area (Å²) in [6.07, 6.45) is 0. The third kappa shape index (κ3) is 3.69. The Balaban J connectivity index is 2.03. The molecule has 0 spiro atoms. The predicted molar refractivity (Wildman–Crippen MR) is 84.2 cm³/mol. The molecule has 0 aliphatic rings. The summed E-state index contributed by atoms with van der Waals surface area (Å²) in [5, 5.41) is 11.6. The number of carbonyl (C=O) groups excluding carboxylic acids is 1. The van der Waals surface area contributed by atoms with Crippen LogP contribution in [0.3, 0.4) is 0 Å². The average Bonchev–Trinajstić information content (AvgIpc) is 2.45. The molecule has 2 aromatic rings. The highest BCUT2D eigenvalue weighted by molar-refractivity contribution is 9.11. The fraction of sp³-hybridized carbons (Fsp3) is 0.0667. The Labute approximate surface area is 133 Å². The minimum Gasteiger partial charge on any atom is -0.348 e. The highest BCUT2D eigenvalue weighted by Gasteiger charge is 2.09. The van der Waals surface area contributed by atoms with Crippen LogP contribution in [0.2, 0.25) is 0 Å². The number of carbonyl (C=O) groups is 1. The molecule has 0 aliphatic heterocycles. The zero-order valence-corrected chi connectivity index (χ0v) is 13.5. The highest BCUT2D eigenvalue weighted by atomic mass is 79.9. The fourth-order valence-electron chi connectivity index (χ4n) is 1.65. The minimum absolute atomic E-state index is 0.145. The molecule has 0 atom stereocenters. The summed E-state index contributed by atoms with van der Waals surface area (Å²) < 4.78 is 1.65. The molecule has 0 fully saturated rings. The van der Waals surface area contributed by atoms with Gasteiger partial charge in [0.1, 0.15) is 0 Å². The number of nitriles is 1. The molecule has 0 saturated carbocycles. The maximum Gasteiger partial charge on any atom is 0.252 e. The molecule has 20 heavy (non-hydrogen) atoms. The van der Waals surface area contributed by atoms with Crippen molar-refractivity contribution in [2.24, 2.45) is 0 Å². The van der Waals surface area contributed by atoms with Gasteiger partial charge in [0.2, 0.25) is 0 Å². The van der Waals surface area contributed by atoms with E-state index in [9.17, 15) is 4.79 Å². The third-order valence-electron chi connectivity index (χ3n) is 2.71. The van der Waals surface area contributed by atoms with Gasteiger partial charge < -0.3 is 5.32 Å². The van der Waals surface area contributed by atoms with Crippen LogP contribution in [0, 0.1) is 11.3 Å². The third-order valence-corrected chi connectivity index (χ3v) is 3.86. The molecule has 0 heterocycles. The van der Waals surface area contributed by atoms with Crippen molar-refractivity contribution in [1.29, 1.82) is 5.26 Å². The zero-order valence-electron chi connectivity index (χ0n) is 10.4. The van der Waals surface area contributed by atoms with Gasteiger partial charge in [-0.3, -0.25) is 4.79 Å². The van der Waals surface area contributed by atoms with Gasteiger partial charge in [0, 0.05) is 15.5 Å². The van der Waals surface area contributed by atoms with Crippen LogP contribution in [0.5, 0.6) is 0 Å². The molecule has 1 N–H and O–H groups in total. The van der Waals surface area contributed by atoms with Crippen LogP contribution in [0.25, 0.3) is 0 Å². The van der Waals surface area contributed by atoms with Crippen molar-refractivity contribution < 1.29 is 4.79 Å². The van der Waals surface area contributed by atoms with Gasteiger partial charge in [-0.25, -0.2) is 0 Å². The summed E-state index contributed by atoms with van der Waals surface area (Å²) in [6, 6.07) is 14.6. The Morgan fingerprint density at radius 1 is 1.15 bits per heavy atom. The van der Waals surface area contributed by atoms with E-state index in [0.29, 0.717) is 17.7 Å². The van der Waals surface area contributed by atoms with Crippen LogP contribution < -0.4 is 5.32 Å². The molecule has 0 radical (unpaired) electrons. The summed E-state index contributed by atoms with van der Waals surface area (Å²) >= 11 is 6.71. The summed E-state index contributed by atoms with van der Waals surface area (Å²) in [5.41, 5.74) is 2.14. The summed E-state index contributed by atoms with van der Waals surface area (Å²) in [5.74, 6) is -0.145. The van der Waals surface area contributed by atoms with Crippen LogP contribution in [-0.4, -0.2) is 5.91 Å². The summed E-state index contributed by atoms with van der Waals surface area (Å²) in [4.78, 5) is 12.1. The predicted octanol–water partition coefficient (Wildman–Crippen LogP) is 4.01. The Bertz CT molecular complexity index is 675. The molecule has 0 aromatic heterocycles. The number of rotatable bonds is 3. The smallest absolute Gasteiger partial charge is 0.252 e. The van der Waals surface area contributed by atoms with E-state index < -0.39 is 0 Å². The molecular formula is C15H10Br2N2O. The lowest BCUT2D eigenvalue weighted by Gasteiger charge is -2.07. The second-order valence-corrected chi connectivity index (χ2v) is 5.89. The van der Waals surface area contributed by atoms with Crippen LogP contribution in [0.1, 0.15) is 21.5 Å². The van der Waals surface area contributed by atoms with Crippen LogP contribution >= 0.6 is 31.9 Å². The van der Waals surface area contributed by atoms with E-state index >= 15 is 0 Å². The van der Waals surface area contributed by atoms with Gasteiger partial charge in [0.15, 0.2) is 0 Å². The SMILES string of the molecule is N#Cc1ccc(CNC(=O)c2ccc(Br)cc2Br)cc1. The lowest BCUT2D eigenvalue weighted by molar-refractivity contribution is 0.0950. The van der Waals surface area contributed by atoms with Crippen molar-refractivity contribution in [3.63, 3.8) is 0 Å². The molecule has 2 aromatic carbocycles. The van der Waals surface area contributed by atoms with Crippen molar-refractivity contribution in [2.45, 2.75) is 6.54 Å². The lowest BCUT2D eigenvalue weighted by Crippen LogP contribution is -2.23. The van der Waals surface area contributed by atoms with E-state index in [1.165, 1.54) is 0 Å². The average molecular weight is 394 g/mol. The number of nitrogens with zero attached hydrogens (tertiary/aromatic N) is 1. The Kier molecular flexibility index (Phi) is 4.94. The quantitative estimate of drug-likeness (QED) is 0.856. The Hall–Kier alpha value is -1.64. The van der Waals surface area contributed by atoms with Gasteiger partial charge in [0.05, 0.1) is 17.2 Å². The molecule has 100 valence electrons. The fourth-order valence-corrected chi connectivity index (χ4v) is 2.88. The Morgan fingerprint density at radius 2 is 1.85 bits per heavy atom. The molecule has 1 amide bonds. The van der Waals surface area contributed by atoms with E-state index in [1.54, 1.807) is 18.2 Å². The van der Waals surface area contributed by atoms with E-state index in [-0.39, 0.29) is 5.91 Å². The number of benzene rings is 2. The van der Waals surface area contributed by atoms with Gasteiger partial charge in [-0.2, -0.15) is 5.26 Å². The number of nitrogens with one attached hydrogen (secondary N) is 1. The molecular weight excluding hydrogens is 384 g/mol. The number of hydrogen-bond acceptors (Lipinski definition) is 2. The van der Waals surface area contributed by atoms with E-state index in [0.717, 1.165) is 14.5 Å². The molecule has 5 heteroatoms. The molecule has 3 nitrogen and oxygen atoms in total. The van der Waals surface area contributed by atoms with Gasteiger partial charge in [-0.15, -0.1) is 0 Å². The number of halogens is 2. The largest absolute Gasteiger partial charge is 0.348 e. The molecule has 0 unspecified atom stereocenters. The Morgan fingerprint density at radius 3 is 2.45 bits per heavy atom. The van der Waals surface area contributed by atoms with Crippen molar-refractivity contribution in [1.82, 2.24) is 5.32 Å². The van der Waals surface area contributed by atoms with E-state index in [1.807, 2.05) is 24.3 Å². The van der Waals surface area contributed by atoms with Gasteiger partial charge in [-0.05, 0) is 51.8 Å². The number of amides is 1. The summed E-state index contributed by atoms with van der Waals surface area (Å²) in [6.45, 7) is 0.424. The van der Waals surface area contributed by atoms with Gasteiger partial charge >= 0.3 is 0 Å². The maximum atomic E-state index is 12.1. The monoisotopic (exact) mass is 392 g/mol. The number of hydrogen-bond donors (Lipinski definition) is 1. The first kappa shape index (κ1) is 14.8. The normalized spacial score (nSPS) is 9.85. The van der Waals surface area contributed by atoms with Crippen LogP contribution in [0.15, 0.2) is 51.4 Å². The standard InChI is InChI=1S/C15H10Br2N2O/c16-12-5-6-13(14(17)7-12)15(20)19-9-11-3-1-10(8-18)2-4-11/h1-7H,9H2,(H,19,20). The first-order valence-electron chi connectivity index (χ1n) is 5.82. The molecule has 0 aliphatic carbocycles. The zero-order chi connectivity index (χ0) is 14.5. The van der Waals surface area contributed by atoms with Crippen molar-refractivity contribution in [2.75, 3.05) is 0 Å². The molecule has 0 saturated heterocycles. The van der Waals surface area contributed by atoms with Crippen molar-refractivity contribution in [3.8, 4) is 6.07 Å². The lowest BCUT2D eigenvalue weighted by atomic mass is 10.1. The molecule has 2 rings (SSSR count). The van der Waals surface area contributed by atoms with Crippen LogP contribution in [-0.2, 0) is 6.54 Å². The first-order chi connectivity index (χ1) is 9.60.